The fraction of sp³-hybridized carbons (Fsp3) is 0.240. The van der Waals surface area contributed by atoms with Crippen LogP contribution in [0.2, 0.25) is 0 Å². The third-order valence-electron chi connectivity index (χ3n) is 4.78. The smallest absolute Gasteiger partial charge is 0.250 e. The SMILES string of the molecule is CCOc1ccc(/C=C/C(=O)Nc2nc(-c3ccc(C(C)NC(C)=O)cc3)cs2)cc1OC. The lowest BCUT2D eigenvalue weighted by molar-refractivity contribution is -0.119. The average molecular weight is 466 g/mol. The van der Waals surface area contributed by atoms with Gasteiger partial charge in [0.25, 0.3) is 0 Å². The zero-order valence-electron chi connectivity index (χ0n) is 19.0. The standard InChI is InChI=1S/C25H27N3O4S/c1-5-32-22-12-6-18(14-23(22)31-4)7-13-24(30)28-25-27-21(15-33-25)20-10-8-19(9-11-20)16(2)26-17(3)29/h6-16H,5H2,1-4H3,(H,26,29)(H,27,28,30)/b13-7+. The predicted molar refractivity (Wildman–Crippen MR) is 132 cm³/mol. The normalized spacial score (nSPS) is 11.8. The fourth-order valence-corrected chi connectivity index (χ4v) is 3.90. The topological polar surface area (TPSA) is 89.5 Å². The van der Waals surface area contributed by atoms with Crippen LogP contribution in [0.15, 0.2) is 53.9 Å². The molecular weight excluding hydrogens is 438 g/mol. The van der Waals surface area contributed by atoms with Crippen LogP contribution in [0.1, 0.15) is 37.9 Å². The Bertz CT molecular complexity index is 1140. The van der Waals surface area contributed by atoms with Gasteiger partial charge in [-0.2, -0.15) is 0 Å². The summed E-state index contributed by atoms with van der Waals surface area (Å²) in [7, 11) is 1.58. The van der Waals surface area contributed by atoms with Crippen LogP contribution in [-0.2, 0) is 9.59 Å². The molecule has 1 heterocycles. The van der Waals surface area contributed by atoms with Gasteiger partial charge in [-0.3, -0.25) is 14.9 Å². The van der Waals surface area contributed by atoms with Crippen LogP contribution in [0.3, 0.4) is 0 Å². The van der Waals surface area contributed by atoms with Gasteiger partial charge in [0.05, 0.1) is 25.5 Å². The Kier molecular flexibility index (Phi) is 8.21. The van der Waals surface area contributed by atoms with Crippen LogP contribution in [0.4, 0.5) is 5.13 Å². The molecule has 3 aromatic rings. The van der Waals surface area contributed by atoms with Gasteiger partial charge in [-0.1, -0.05) is 30.3 Å². The van der Waals surface area contributed by atoms with Gasteiger partial charge in [-0.05, 0) is 43.2 Å². The van der Waals surface area contributed by atoms with Crippen LogP contribution in [0, 0.1) is 0 Å². The van der Waals surface area contributed by atoms with Crippen LogP contribution in [0.5, 0.6) is 11.5 Å². The van der Waals surface area contributed by atoms with Crippen LogP contribution in [-0.4, -0.2) is 30.5 Å². The fourth-order valence-electron chi connectivity index (χ4n) is 3.18. The Morgan fingerprint density at radius 2 is 1.91 bits per heavy atom. The van der Waals surface area contributed by atoms with Crippen molar-refractivity contribution in [2.45, 2.75) is 26.8 Å². The van der Waals surface area contributed by atoms with Gasteiger partial charge in [-0.15, -0.1) is 11.3 Å². The number of thiazole rings is 1. The van der Waals surface area contributed by atoms with E-state index >= 15 is 0 Å². The zero-order chi connectivity index (χ0) is 23.8. The second-order valence-electron chi connectivity index (χ2n) is 7.25. The first kappa shape index (κ1) is 24.0. The van der Waals surface area contributed by atoms with Crippen LogP contribution >= 0.6 is 11.3 Å². The quantitative estimate of drug-likeness (QED) is 0.431. The number of ether oxygens (including phenoxy) is 2. The minimum absolute atomic E-state index is 0.0658. The molecule has 1 unspecified atom stereocenters. The second-order valence-corrected chi connectivity index (χ2v) is 8.11. The van der Waals surface area contributed by atoms with Crippen molar-refractivity contribution in [3.05, 3.63) is 65.0 Å². The first-order chi connectivity index (χ1) is 15.9. The highest BCUT2D eigenvalue weighted by atomic mass is 32.1. The molecule has 33 heavy (non-hydrogen) atoms. The Hall–Kier alpha value is -3.65. The lowest BCUT2D eigenvalue weighted by Crippen LogP contribution is -2.23. The highest BCUT2D eigenvalue weighted by Crippen LogP contribution is 2.29. The van der Waals surface area contributed by atoms with Crippen LogP contribution < -0.4 is 20.1 Å². The molecule has 0 radical (unpaired) electrons. The summed E-state index contributed by atoms with van der Waals surface area (Å²) in [4.78, 5) is 28.1. The van der Waals surface area contributed by atoms with E-state index in [9.17, 15) is 9.59 Å². The molecule has 0 aliphatic carbocycles. The molecule has 3 rings (SSSR count). The molecule has 7 nitrogen and oxygen atoms in total. The van der Waals surface area contributed by atoms with E-state index in [0.717, 1.165) is 22.4 Å². The first-order valence-corrected chi connectivity index (χ1v) is 11.4. The maximum absolute atomic E-state index is 12.3. The van der Waals surface area contributed by atoms with Crippen LogP contribution in [0.25, 0.3) is 17.3 Å². The number of nitrogens with one attached hydrogen (secondary N) is 2. The van der Waals surface area contributed by atoms with Crippen molar-refractivity contribution >= 4 is 34.4 Å². The Morgan fingerprint density at radius 3 is 2.58 bits per heavy atom. The number of carbonyl (C=O) groups excluding carboxylic acids is 2. The molecule has 0 saturated heterocycles. The summed E-state index contributed by atoms with van der Waals surface area (Å²) in [5, 5.41) is 8.06. The maximum Gasteiger partial charge on any atom is 0.250 e. The molecule has 0 spiro atoms. The van der Waals surface area contributed by atoms with Gasteiger partial charge in [-0.25, -0.2) is 4.98 Å². The molecule has 2 aromatic carbocycles. The molecule has 8 heteroatoms. The molecule has 2 amide bonds. The third-order valence-corrected chi connectivity index (χ3v) is 5.53. The maximum atomic E-state index is 12.3. The highest BCUT2D eigenvalue weighted by molar-refractivity contribution is 7.14. The van der Waals surface area contributed by atoms with Gasteiger partial charge in [0.15, 0.2) is 16.6 Å². The summed E-state index contributed by atoms with van der Waals surface area (Å²) in [5.74, 6) is 0.932. The summed E-state index contributed by atoms with van der Waals surface area (Å²) in [5.41, 5.74) is 3.53. The molecule has 0 aliphatic heterocycles. The lowest BCUT2D eigenvalue weighted by Gasteiger charge is -2.12. The highest BCUT2D eigenvalue weighted by Gasteiger charge is 2.10. The molecule has 0 saturated carbocycles. The Morgan fingerprint density at radius 1 is 1.15 bits per heavy atom. The number of nitrogens with zero attached hydrogens (tertiary/aromatic N) is 1. The summed E-state index contributed by atoms with van der Waals surface area (Å²) < 4.78 is 10.8. The van der Waals surface area contributed by atoms with Crippen molar-refractivity contribution in [2.24, 2.45) is 0 Å². The number of benzene rings is 2. The second kappa shape index (κ2) is 11.3. The van der Waals surface area contributed by atoms with Crippen molar-refractivity contribution in [1.29, 1.82) is 0 Å². The van der Waals surface area contributed by atoms with Gasteiger partial charge in [0, 0.05) is 23.9 Å². The molecule has 0 aliphatic rings. The number of hydrogen-bond donors (Lipinski definition) is 2. The number of methoxy groups -OCH3 is 1. The van der Waals surface area contributed by atoms with E-state index in [-0.39, 0.29) is 17.9 Å². The van der Waals surface area contributed by atoms with E-state index in [2.05, 4.69) is 15.6 Å². The van der Waals surface area contributed by atoms with Crippen molar-refractivity contribution in [3.63, 3.8) is 0 Å². The minimum atomic E-state index is -0.275. The third kappa shape index (κ3) is 6.66. The molecule has 0 fully saturated rings. The largest absolute Gasteiger partial charge is 0.493 e. The Balaban J connectivity index is 1.62. The number of amides is 2. The van der Waals surface area contributed by atoms with E-state index < -0.39 is 0 Å². The molecule has 172 valence electrons. The van der Waals surface area contributed by atoms with E-state index in [1.807, 2.05) is 61.7 Å². The van der Waals surface area contributed by atoms with Gasteiger partial charge in [0.2, 0.25) is 11.8 Å². The number of rotatable bonds is 9. The van der Waals surface area contributed by atoms with Crippen molar-refractivity contribution < 1.29 is 19.1 Å². The van der Waals surface area contributed by atoms with Gasteiger partial charge in [0.1, 0.15) is 0 Å². The summed E-state index contributed by atoms with van der Waals surface area (Å²) >= 11 is 1.36. The van der Waals surface area contributed by atoms with Gasteiger partial charge < -0.3 is 14.8 Å². The summed E-state index contributed by atoms with van der Waals surface area (Å²) in [6.07, 6.45) is 3.16. The monoisotopic (exact) mass is 465 g/mol. The van der Waals surface area contributed by atoms with E-state index in [4.69, 9.17) is 9.47 Å². The molecular formula is C25H27N3O4S. The number of carbonyl (C=O) groups is 2. The van der Waals surface area contributed by atoms with E-state index in [1.165, 1.54) is 24.3 Å². The van der Waals surface area contributed by atoms with Gasteiger partial charge >= 0.3 is 0 Å². The minimum Gasteiger partial charge on any atom is -0.493 e. The predicted octanol–water partition coefficient (Wildman–Crippen LogP) is 5.07. The molecule has 1 atom stereocenters. The lowest BCUT2D eigenvalue weighted by atomic mass is 10.1. The van der Waals surface area contributed by atoms with E-state index in [1.54, 1.807) is 13.2 Å². The number of anilines is 1. The molecule has 1 aromatic heterocycles. The number of aromatic nitrogens is 1. The van der Waals surface area contributed by atoms with Crippen molar-refractivity contribution in [1.82, 2.24) is 10.3 Å². The zero-order valence-corrected chi connectivity index (χ0v) is 19.9. The first-order valence-electron chi connectivity index (χ1n) is 10.5. The summed E-state index contributed by atoms with van der Waals surface area (Å²) in [6, 6.07) is 13.2. The van der Waals surface area contributed by atoms with E-state index in [0.29, 0.717) is 23.2 Å². The number of hydrogen-bond acceptors (Lipinski definition) is 6. The van der Waals surface area contributed by atoms with Crippen molar-refractivity contribution in [2.75, 3.05) is 19.0 Å². The summed E-state index contributed by atoms with van der Waals surface area (Å²) in [6.45, 7) is 5.89. The molecule has 0 bridgehead atoms. The Labute approximate surface area is 197 Å². The average Bonchev–Trinajstić information content (AvgIpc) is 3.26. The molecule has 2 N–H and O–H groups in total. The van der Waals surface area contributed by atoms with Crippen molar-refractivity contribution in [3.8, 4) is 22.8 Å².